The Morgan fingerprint density at radius 3 is 2.76 bits per heavy atom. The van der Waals surface area contributed by atoms with Crippen molar-refractivity contribution in [1.29, 1.82) is 0 Å². The van der Waals surface area contributed by atoms with Crippen LogP contribution in [-0.4, -0.2) is 30.2 Å². The van der Waals surface area contributed by atoms with Crippen LogP contribution in [-0.2, 0) is 9.59 Å². The van der Waals surface area contributed by atoms with Crippen molar-refractivity contribution in [2.75, 3.05) is 18.5 Å². The molecule has 0 spiro atoms. The van der Waals surface area contributed by atoms with E-state index in [0.717, 1.165) is 10.6 Å². The van der Waals surface area contributed by atoms with E-state index in [0.29, 0.717) is 23.9 Å². The van der Waals surface area contributed by atoms with Crippen molar-refractivity contribution in [1.82, 2.24) is 5.32 Å². The minimum absolute atomic E-state index is 0.131. The zero-order chi connectivity index (χ0) is 17.6. The Morgan fingerprint density at radius 1 is 1.20 bits per heavy atom. The van der Waals surface area contributed by atoms with Crippen LogP contribution in [0.5, 0.6) is 5.75 Å². The molecule has 130 valence electrons. The highest BCUT2D eigenvalue weighted by Crippen LogP contribution is 2.36. The molecule has 25 heavy (non-hydrogen) atoms. The Labute approximate surface area is 155 Å². The molecule has 2 aromatic rings. The van der Waals surface area contributed by atoms with Gasteiger partial charge in [0.25, 0.3) is 0 Å². The van der Waals surface area contributed by atoms with E-state index in [-0.39, 0.29) is 18.2 Å². The molecule has 0 radical (unpaired) electrons. The standard InChI is InChI=1S/C18H17ClN2O3S/c19-12-5-7-13(8-6-12)24-10-9-20-17(22)11-16-18(23)21-14-3-1-2-4-15(14)25-16/h1-8,16H,9-11H2,(H,20,22)(H,21,23)/t16-/m1/s1. The number of nitrogens with one attached hydrogen (secondary N) is 2. The molecule has 3 rings (SSSR count). The third kappa shape index (κ3) is 4.90. The Balaban J connectivity index is 1.42. The number of fused-ring (bicyclic) bond motifs is 1. The number of ether oxygens (including phenoxy) is 1. The Hall–Kier alpha value is -2.18. The van der Waals surface area contributed by atoms with Crippen molar-refractivity contribution in [3.05, 3.63) is 53.6 Å². The molecule has 2 N–H and O–H groups in total. The Kier molecular flexibility index (Phi) is 5.83. The quantitative estimate of drug-likeness (QED) is 0.759. The molecular formula is C18H17ClN2O3S. The highest BCUT2D eigenvalue weighted by Gasteiger charge is 2.28. The molecular weight excluding hydrogens is 360 g/mol. The third-order valence-corrected chi connectivity index (χ3v) is 5.11. The van der Waals surface area contributed by atoms with Gasteiger partial charge in [-0.3, -0.25) is 9.59 Å². The average molecular weight is 377 g/mol. The lowest BCUT2D eigenvalue weighted by Crippen LogP contribution is -2.36. The molecule has 0 aliphatic carbocycles. The number of hydrogen-bond donors (Lipinski definition) is 2. The summed E-state index contributed by atoms with van der Waals surface area (Å²) in [6.07, 6.45) is 0.131. The van der Waals surface area contributed by atoms with Crippen molar-refractivity contribution in [3.63, 3.8) is 0 Å². The van der Waals surface area contributed by atoms with Gasteiger partial charge in [0.1, 0.15) is 12.4 Å². The van der Waals surface area contributed by atoms with Crippen LogP contribution in [0.15, 0.2) is 53.4 Å². The van der Waals surface area contributed by atoms with E-state index in [1.807, 2.05) is 24.3 Å². The van der Waals surface area contributed by atoms with E-state index >= 15 is 0 Å². The van der Waals surface area contributed by atoms with Gasteiger partial charge in [-0.1, -0.05) is 23.7 Å². The number of carbonyl (C=O) groups is 2. The lowest BCUT2D eigenvalue weighted by atomic mass is 10.2. The Bertz CT molecular complexity index is 767. The molecule has 2 aromatic carbocycles. The van der Waals surface area contributed by atoms with Crippen LogP contribution in [0.25, 0.3) is 0 Å². The van der Waals surface area contributed by atoms with E-state index < -0.39 is 5.25 Å². The summed E-state index contributed by atoms with van der Waals surface area (Å²) in [5, 5.41) is 5.83. The molecule has 2 amide bonds. The van der Waals surface area contributed by atoms with Crippen LogP contribution >= 0.6 is 23.4 Å². The maximum Gasteiger partial charge on any atom is 0.238 e. The molecule has 0 saturated heterocycles. The zero-order valence-corrected chi connectivity index (χ0v) is 14.9. The monoisotopic (exact) mass is 376 g/mol. The number of halogens is 1. The first-order chi connectivity index (χ1) is 12.1. The van der Waals surface area contributed by atoms with Crippen molar-refractivity contribution in [3.8, 4) is 5.75 Å². The second-order valence-corrected chi connectivity index (χ2v) is 7.13. The number of carbonyl (C=O) groups excluding carboxylic acids is 2. The molecule has 1 aliphatic heterocycles. The zero-order valence-electron chi connectivity index (χ0n) is 13.3. The van der Waals surface area contributed by atoms with Gasteiger partial charge in [-0.15, -0.1) is 11.8 Å². The first kappa shape index (κ1) is 17.6. The van der Waals surface area contributed by atoms with Gasteiger partial charge in [-0.25, -0.2) is 0 Å². The van der Waals surface area contributed by atoms with Crippen LogP contribution < -0.4 is 15.4 Å². The number of thioether (sulfide) groups is 1. The second-order valence-electron chi connectivity index (χ2n) is 5.45. The summed E-state index contributed by atoms with van der Waals surface area (Å²) >= 11 is 7.22. The van der Waals surface area contributed by atoms with E-state index in [2.05, 4.69) is 10.6 Å². The topological polar surface area (TPSA) is 67.4 Å². The van der Waals surface area contributed by atoms with Gasteiger partial charge in [-0.05, 0) is 36.4 Å². The number of anilines is 1. The third-order valence-electron chi connectivity index (χ3n) is 3.58. The van der Waals surface area contributed by atoms with Crippen molar-refractivity contribution >= 4 is 40.9 Å². The summed E-state index contributed by atoms with van der Waals surface area (Å²) in [6.45, 7) is 0.720. The van der Waals surface area contributed by atoms with Crippen LogP contribution in [0.3, 0.4) is 0 Å². The van der Waals surface area contributed by atoms with Crippen LogP contribution in [0.4, 0.5) is 5.69 Å². The van der Waals surface area contributed by atoms with Crippen molar-refractivity contribution in [2.45, 2.75) is 16.6 Å². The van der Waals surface area contributed by atoms with Crippen LogP contribution in [0.2, 0.25) is 5.02 Å². The lowest BCUT2D eigenvalue weighted by Gasteiger charge is -2.23. The van der Waals surface area contributed by atoms with Gasteiger partial charge in [0.05, 0.1) is 17.5 Å². The Morgan fingerprint density at radius 2 is 1.96 bits per heavy atom. The first-order valence-corrected chi connectivity index (χ1v) is 9.09. The predicted octanol–water partition coefficient (Wildman–Crippen LogP) is 3.34. The van der Waals surface area contributed by atoms with E-state index in [9.17, 15) is 9.59 Å². The SMILES string of the molecule is O=C(C[C@H]1Sc2ccccc2NC1=O)NCCOc1ccc(Cl)cc1. The number of rotatable bonds is 6. The van der Waals surface area contributed by atoms with Crippen LogP contribution in [0, 0.1) is 0 Å². The maximum absolute atomic E-state index is 12.1. The second kappa shape index (κ2) is 8.27. The minimum atomic E-state index is -0.424. The van der Waals surface area contributed by atoms with E-state index in [1.54, 1.807) is 24.3 Å². The molecule has 0 unspecified atom stereocenters. The molecule has 0 aromatic heterocycles. The summed E-state index contributed by atoms with van der Waals surface area (Å²) in [7, 11) is 0. The predicted molar refractivity (Wildman–Crippen MR) is 99.3 cm³/mol. The molecule has 7 heteroatoms. The molecule has 0 saturated carbocycles. The summed E-state index contributed by atoms with van der Waals surface area (Å²) in [6, 6.07) is 14.6. The number of para-hydroxylation sites is 1. The summed E-state index contributed by atoms with van der Waals surface area (Å²) < 4.78 is 5.51. The summed E-state index contributed by atoms with van der Waals surface area (Å²) in [5.74, 6) is 0.375. The summed E-state index contributed by atoms with van der Waals surface area (Å²) in [4.78, 5) is 25.1. The van der Waals surface area contributed by atoms with Gasteiger partial charge in [0.2, 0.25) is 11.8 Å². The fourth-order valence-electron chi connectivity index (χ4n) is 2.36. The normalized spacial score (nSPS) is 15.9. The molecule has 1 heterocycles. The molecule has 0 fully saturated rings. The van der Waals surface area contributed by atoms with Crippen molar-refractivity contribution < 1.29 is 14.3 Å². The van der Waals surface area contributed by atoms with E-state index in [1.165, 1.54) is 11.8 Å². The van der Waals surface area contributed by atoms with Crippen molar-refractivity contribution in [2.24, 2.45) is 0 Å². The highest BCUT2D eigenvalue weighted by molar-refractivity contribution is 8.01. The van der Waals surface area contributed by atoms with Gasteiger partial charge in [0.15, 0.2) is 0 Å². The van der Waals surface area contributed by atoms with Gasteiger partial charge in [-0.2, -0.15) is 0 Å². The average Bonchev–Trinajstić information content (AvgIpc) is 2.61. The number of amides is 2. The minimum Gasteiger partial charge on any atom is -0.492 e. The number of benzene rings is 2. The molecule has 1 aliphatic rings. The molecule has 1 atom stereocenters. The summed E-state index contributed by atoms with van der Waals surface area (Å²) in [5.41, 5.74) is 0.797. The van der Waals surface area contributed by atoms with Gasteiger partial charge < -0.3 is 15.4 Å². The van der Waals surface area contributed by atoms with E-state index in [4.69, 9.17) is 16.3 Å². The van der Waals surface area contributed by atoms with Crippen LogP contribution in [0.1, 0.15) is 6.42 Å². The maximum atomic E-state index is 12.1. The largest absolute Gasteiger partial charge is 0.492 e. The smallest absolute Gasteiger partial charge is 0.238 e. The van der Waals surface area contributed by atoms with Gasteiger partial charge >= 0.3 is 0 Å². The molecule has 0 bridgehead atoms. The first-order valence-electron chi connectivity index (χ1n) is 7.83. The highest BCUT2D eigenvalue weighted by atomic mass is 35.5. The fraction of sp³-hybridized carbons (Fsp3) is 0.222. The molecule has 5 nitrogen and oxygen atoms in total. The lowest BCUT2D eigenvalue weighted by molar-refractivity contribution is -0.124. The number of hydrogen-bond acceptors (Lipinski definition) is 4. The fourth-order valence-corrected chi connectivity index (χ4v) is 3.59. The van der Waals surface area contributed by atoms with Gasteiger partial charge in [0, 0.05) is 16.3 Å².